The van der Waals surface area contributed by atoms with Gasteiger partial charge in [-0.2, -0.15) is 0 Å². The van der Waals surface area contributed by atoms with Crippen LogP contribution in [0, 0.1) is 5.41 Å². The summed E-state index contributed by atoms with van der Waals surface area (Å²) in [6.45, 7) is 11.6. The molecule has 0 fully saturated rings. The topological polar surface area (TPSA) is 38.0 Å². The van der Waals surface area contributed by atoms with Crippen LogP contribution in [-0.2, 0) is 5.41 Å². The van der Waals surface area contributed by atoms with Gasteiger partial charge in [0.15, 0.2) is 0 Å². The highest BCUT2D eigenvalue weighted by Gasteiger charge is 2.23. The number of nitrogens with two attached hydrogens (primary N) is 1. The Balaban J connectivity index is 2.43. The molecule has 1 heterocycles. The Labute approximate surface area is 103 Å². The Kier molecular flexibility index (Phi) is 4.53. The van der Waals surface area contributed by atoms with E-state index in [0.29, 0.717) is 0 Å². The van der Waals surface area contributed by atoms with Crippen LogP contribution in [0.2, 0.25) is 0 Å². The van der Waals surface area contributed by atoms with Crippen molar-refractivity contribution in [1.29, 1.82) is 0 Å². The largest absolute Gasteiger partial charge is 0.330 e. The van der Waals surface area contributed by atoms with Gasteiger partial charge in [-0.05, 0) is 23.4 Å². The fraction of sp³-hybridized carbons (Fsp3) is 0.692. The summed E-state index contributed by atoms with van der Waals surface area (Å²) < 4.78 is 0. The summed E-state index contributed by atoms with van der Waals surface area (Å²) in [6.07, 6.45) is 0. The second-order valence-electron chi connectivity index (χ2n) is 5.83. The number of hydrogen-bond donors (Lipinski definition) is 2. The van der Waals surface area contributed by atoms with E-state index in [-0.39, 0.29) is 10.8 Å². The van der Waals surface area contributed by atoms with E-state index in [0.717, 1.165) is 19.6 Å². The molecule has 0 aliphatic heterocycles. The summed E-state index contributed by atoms with van der Waals surface area (Å²) in [5.41, 5.74) is 6.11. The van der Waals surface area contributed by atoms with Gasteiger partial charge >= 0.3 is 0 Å². The second kappa shape index (κ2) is 5.30. The van der Waals surface area contributed by atoms with Gasteiger partial charge in [0.2, 0.25) is 0 Å². The summed E-state index contributed by atoms with van der Waals surface area (Å²) in [5.74, 6) is 0. The molecule has 0 atom stereocenters. The minimum atomic E-state index is 0.186. The molecule has 2 nitrogen and oxygen atoms in total. The van der Waals surface area contributed by atoms with Crippen molar-refractivity contribution >= 4 is 11.3 Å². The van der Waals surface area contributed by atoms with E-state index in [2.05, 4.69) is 50.5 Å². The number of rotatable bonds is 6. The van der Waals surface area contributed by atoms with Crippen LogP contribution in [0.1, 0.15) is 32.6 Å². The first-order chi connectivity index (χ1) is 7.37. The first-order valence-corrected chi connectivity index (χ1v) is 6.70. The normalized spacial score (nSPS) is 13.1. The molecule has 0 aliphatic carbocycles. The summed E-state index contributed by atoms with van der Waals surface area (Å²) >= 11 is 1.83. The molecule has 0 saturated heterocycles. The molecule has 0 bridgehead atoms. The third-order valence-corrected chi connectivity index (χ3v) is 4.15. The summed E-state index contributed by atoms with van der Waals surface area (Å²) in [6, 6.07) is 4.33. The Hall–Kier alpha value is -0.380. The molecule has 0 radical (unpaired) electrons. The lowest BCUT2D eigenvalue weighted by Crippen LogP contribution is -2.40. The lowest BCUT2D eigenvalue weighted by molar-refractivity contribution is 0.333. The van der Waals surface area contributed by atoms with Crippen molar-refractivity contribution in [3.63, 3.8) is 0 Å². The van der Waals surface area contributed by atoms with Crippen LogP contribution in [-0.4, -0.2) is 19.6 Å². The summed E-state index contributed by atoms with van der Waals surface area (Å²) in [7, 11) is 0. The zero-order chi connectivity index (χ0) is 12.2. The molecule has 0 unspecified atom stereocenters. The molecule has 1 aromatic rings. The van der Waals surface area contributed by atoms with Gasteiger partial charge < -0.3 is 11.1 Å². The SMILES string of the molecule is CC(C)(CN)CNCC(C)(C)c1cccs1. The van der Waals surface area contributed by atoms with Gasteiger partial charge in [0.25, 0.3) is 0 Å². The van der Waals surface area contributed by atoms with E-state index in [1.165, 1.54) is 4.88 Å². The molecule has 0 aromatic carbocycles. The van der Waals surface area contributed by atoms with Crippen molar-refractivity contribution in [1.82, 2.24) is 5.32 Å². The van der Waals surface area contributed by atoms with Crippen molar-refractivity contribution in [2.24, 2.45) is 11.1 Å². The van der Waals surface area contributed by atoms with E-state index in [4.69, 9.17) is 5.73 Å². The lowest BCUT2D eigenvalue weighted by Gasteiger charge is -2.28. The molecular weight excluding hydrogens is 216 g/mol. The fourth-order valence-electron chi connectivity index (χ4n) is 1.54. The van der Waals surface area contributed by atoms with E-state index in [1.54, 1.807) is 0 Å². The molecule has 16 heavy (non-hydrogen) atoms. The maximum Gasteiger partial charge on any atom is 0.0115 e. The van der Waals surface area contributed by atoms with Crippen LogP contribution in [0.25, 0.3) is 0 Å². The highest BCUT2D eigenvalue weighted by atomic mass is 32.1. The Morgan fingerprint density at radius 3 is 2.44 bits per heavy atom. The zero-order valence-corrected chi connectivity index (χ0v) is 11.7. The van der Waals surface area contributed by atoms with Gasteiger partial charge in [0.05, 0.1) is 0 Å². The third kappa shape index (κ3) is 3.89. The monoisotopic (exact) mass is 240 g/mol. The minimum Gasteiger partial charge on any atom is -0.330 e. The molecule has 0 aliphatic rings. The molecule has 1 rings (SSSR count). The Bertz CT molecular complexity index is 302. The average molecular weight is 240 g/mol. The molecule has 3 heteroatoms. The molecule has 1 aromatic heterocycles. The van der Waals surface area contributed by atoms with Crippen molar-refractivity contribution in [3.05, 3.63) is 22.4 Å². The molecule has 3 N–H and O–H groups in total. The minimum absolute atomic E-state index is 0.186. The maximum absolute atomic E-state index is 5.71. The predicted molar refractivity (Wildman–Crippen MR) is 73.1 cm³/mol. The highest BCUT2D eigenvalue weighted by Crippen LogP contribution is 2.26. The maximum atomic E-state index is 5.71. The highest BCUT2D eigenvalue weighted by molar-refractivity contribution is 7.10. The van der Waals surface area contributed by atoms with Crippen LogP contribution >= 0.6 is 11.3 Å². The van der Waals surface area contributed by atoms with Crippen molar-refractivity contribution in [3.8, 4) is 0 Å². The first-order valence-electron chi connectivity index (χ1n) is 5.82. The molecule has 0 amide bonds. The lowest BCUT2D eigenvalue weighted by atomic mass is 9.89. The van der Waals surface area contributed by atoms with Crippen molar-refractivity contribution in [2.75, 3.05) is 19.6 Å². The van der Waals surface area contributed by atoms with E-state index in [9.17, 15) is 0 Å². The standard InChI is InChI=1S/C13H24N2S/c1-12(2,8-14)9-15-10-13(3,4)11-6-5-7-16-11/h5-7,15H,8-10,14H2,1-4H3. The van der Waals surface area contributed by atoms with E-state index in [1.807, 2.05) is 11.3 Å². The number of nitrogens with one attached hydrogen (secondary N) is 1. The average Bonchev–Trinajstić information content (AvgIpc) is 2.70. The smallest absolute Gasteiger partial charge is 0.0115 e. The summed E-state index contributed by atoms with van der Waals surface area (Å²) in [5, 5.41) is 5.67. The zero-order valence-electron chi connectivity index (χ0n) is 10.8. The van der Waals surface area contributed by atoms with Crippen LogP contribution in [0.15, 0.2) is 17.5 Å². The second-order valence-corrected chi connectivity index (χ2v) is 6.78. The quantitative estimate of drug-likeness (QED) is 0.802. The molecule has 92 valence electrons. The van der Waals surface area contributed by atoms with Gasteiger partial charge in [0.1, 0.15) is 0 Å². The van der Waals surface area contributed by atoms with Gasteiger partial charge in [-0.3, -0.25) is 0 Å². The molecular formula is C13H24N2S. The van der Waals surface area contributed by atoms with Crippen LogP contribution in [0.5, 0.6) is 0 Å². The van der Waals surface area contributed by atoms with Crippen LogP contribution < -0.4 is 11.1 Å². The summed E-state index contributed by atoms with van der Waals surface area (Å²) in [4.78, 5) is 1.44. The third-order valence-electron chi connectivity index (χ3n) is 2.91. The van der Waals surface area contributed by atoms with Crippen molar-refractivity contribution in [2.45, 2.75) is 33.1 Å². The van der Waals surface area contributed by atoms with Gasteiger partial charge in [-0.1, -0.05) is 33.8 Å². The van der Waals surface area contributed by atoms with Crippen molar-refractivity contribution < 1.29 is 0 Å². The number of thiophene rings is 1. The Morgan fingerprint density at radius 1 is 1.25 bits per heavy atom. The molecule has 0 spiro atoms. The Morgan fingerprint density at radius 2 is 1.94 bits per heavy atom. The van der Waals surface area contributed by atoms with Gasteiger partial charge in [-0.25, -0.2) is 0 Å². The fourth-order valence-corrected chi connectivity index (χ4v) is 2.39. The van der Waals surface area contributed by atoms with E-state index >= 15 is 0 Å². The predicted octanol–water partition coefficient (Wildman–Crippen LogP) is 2.60. The molecule has 0 saturated carbocycles. The van der Waals surface area contributed by atoms with Gasteiger partial charge in [-0.15, -0.1) is 11.3 Å². The van der Waals surface area contributed by atoms with E-state index < -0.39 is 0 Å². The van der Waals surface area contributed by atoms with Gasteiger partial charge in [0, 0.05) is 23.4 Å². The van der Waals surface area contributed by atoms with Crippen LogP contribution in [0.4, 0.5) is 0 Å². The first kappa shape index (κ1) is 13.7. The van der Waals surface area contributed by atoms with Crippen LogP contribution in [0.3, 0.4) is 0 Å². The number of hydrogen-bond acceptors (Lipinski definition) is 3.